The maximum atomic E-state index is 10.4. The van der Waals surface area contributed by atoms with Gasteiger partial charge >= 0.3 is 0 Å². The van der Waals surface area contributed by atoms with E-state index in [0.717, 1.165) is 25.2 Å². The number of carbonyl (C=O) groups is 1. The van der Waals surface area contributed by atoms with Gasteiger partial charge in [0.25, 0.3) is 0 Å². The van der Waals surface area contributed by atoms with E-state index >= 15 is 0 Å². The molecule has 0 bridgehead atoms. The number of nitrogens with zero attached hydrogens (tertiary/aromatic N) is 1. The first-order chi connectivity index (χ1) is 7.38. The number of hydrogen-bond acceptors (Lipinski definition) is 3. The zero-order chi connectivity index (χ0) is 10.5. The molecule has 0 spiro atoms. The largest absolute Gasteiger partial charge is 0.478 e. The molecule has 0 aromatic carbocycles. The van der Waals surface area contributed by atoms with Gasteiger partial charge in [0.1, 0.15) is 0 Å². The normalized spacial score (nSPS) is 15.7. The van der Waals surface area contributed by atoms with Crippen LogP contribution >= 0.6 is 0 Å². The van der Waals surface area contributed by atoms with E-state index in [1.807, 2.05) is 0 Å². The molecule has 1 fully saturated rings. The van der Waals surface area contributed by atoms with Crippen molar-refractivity contribution in [3.8, 4) is 5.88 Å². The van der Waals surface area contributed by atoms with Gasteiger partial charge in [0, 0.05) is 17.8 Å². The quantitative estimate of drug-likeness (QED) is 0.693. The van der Waals surface area contributed by atoms with Crippen LogP contribution in [0.1, 0.15) is 36.0 Å². The van der Waals surface area contributed by atoms with Crippen molar-refractivity contribution in [2.75, 3.05) is 6.61 Å². The minimum Gasteiger partial charge on any atom is -0.478 e. The molecule has 3 nitrogen and oxygen atoms in total. The molecule has 2 rings (SSSR count). The van der Waals surface area contributed by atoms with Crippen LogP contribution in [0.25, 0.3) is 0 Å². The van der Waals surface area contributed by atoms with Gasteiger partial charge in [-0.25, -0.2) is 4.98 Å². The first-order valence-corrected chi connectivity index (χ1v) is 5.42. The molecule has 1 heterocycles. The monoisotopic (exact) mass is 205 g/mol. The average Bonchev–Trinajstić information content (AvgIpc) is 2.23. The van der Waals surface area contributed by atoms with E-state index in [1.54, 1.807) is 12.1 Å². The summed E-state index contributed by atoms with van der Waals surface area (Å²) in [6.45, 7) is 0.734. The summed E-state index contributed by atoms with van der Waals surface area (Å²) in [6, 6.07) is 3.46. The topological polar surface area (TPSA) is 39.2 Å². The van der Waals surface area contributed by atoms with Crippen molar-refractivity contribution in [2.45, 2.75) is 25.7 Å². The zero-order valence-corrected chi connectivity index (χ0v) is 8.69. The standard InChI is InChI=1S/C12H15NO2/c14-9-11-4-5-12(13-8-11)15-7-6-10-2-1-3-10/h4-5,8-10H,1-3,6-7H2. The minimum absolute atomic E-state index is 0.585. The SMILES string of the molecule is O=Cc1ccc(OCCC2CCC2)nc1. The second-order valence-electron chi connectivity index (χ2n) is 3.98. The molecule has 0 radical (unpaired) electrons. The van der Waals surface area contributed by atoms with Gasteiger partial charge in [0.05, 0.1) is 6.61 Å². The van der Waals surface area contributed by atoms with Crippen LogP contribution in [-0.4, -0.2) is 17.9 Å². The van der Waals surface area contributed by atoms with E-state index in [9.17, 15) is 4.79 Å². The van der Waals surface area contributed by atoms with Gasteiger partial charge < -0.3 is 4.74 Å². The molecule has 1 aromatic rings. The Kier molecular flexibility index (Phi) is 3.33. The molecule has 0 amide bonds. The maximum absolute atomic E-state index is 10.4. The maximum Gasteiger partial charge on any atom is 0.213 e. The van der Waals surface area contributed by atoms with Crippen molar-refractivity contribution in [2.24, 2.45) is 5.92 Å². The third-order valence-electron chi connectivity index (χ3n) is 2.90. The molecule has 15 heavy (non-hydrogen) atoms. The van der Waals surface area contributed by atoms with Gasteiger partial charge in [-0.3, -0.25) is 4.79 Å². The van der Waals surface area contributed by atoms with E-state index in [4.69, 9.17) is 4.74 Å². The molecule has 0 saturated heterocycles. The Morgan fingerprint density at radius 1 is 1.47 bits per heavy atom. The lowest BCUT2D eigenvalue weighted by molar-refractivity contribution is 0.112. The van der Waals surface area contributed by atoms with E-state index in [1.165, 1.54) is 25.5 Å². The van der Waals surface area contributed by atoms with Crippen LogP contribution < -0.4 is 4.74 Å². The van der Waals surface area contributed by atoms with Gasteiger partial charge in [-0.2, -0.15) is 0 Å². The number of hydrogen-bond donors (Lipinski definition) is 0. The van der Waals surface area contributed by atoms with Crippen molar-refractivity contribution in [3.05, 3.63) is 23.9 Å². The van der Waals surface area contributed by atoms with Gasteiger partial charge in [0.2, 0.25) is 5.88 Å². The number of pyridine rings is 1. The molecular formula is C12H15NO2. The lowest BCUT2D eigenvalue weighted by Gasteiger charge is -2.24. The Bertz CT molecular complexity index is 317. The highest BCUT2D eigenvalue weighted by Gasteiger charge is 2.16. The number of aldehydes is 1. The highest BCUT2D eigenvalue weighted by molar-refractivity contribution is 5.73. The van der Waals surface area contributed by atoms with Crippen molar-refractivity contribution in [3.63, 3.8) is 0 Å². The molecule has 0 N–H and O–H groups in total. The van der Waals surface area contributed by atoms with Crippen LogP contribution in [0, 0.1) is 5.92 Å². The molecule has 80 valence electrons. The van der Waals surface area contributed by atoms with Gasteiger partial charge in [-0.05, 0) is 18.4 Å². The summed E-state index contributed by atoms with van der Waals surface area (Å²) in [4.78, 5) is 14.4. The molecule has 3 heteroatoms. The fourth-order valence-corrected chi connectivity index (χ4v) is 1.66. The lowest BCUT2D eigenvalue weighted by Crippen LogP contribution is -2.14. The number of carbonyl (C=O) groups excluding carboxylic acids is 1. The Labute approximate surface area is 89.5 Å². The Hall–Kier alpha value is -1.38. The summed E-state index contributed by atoms with van der Waals surface area (Å²) in [6.07, 6.45) is 7.51. The van der Waals surface area contributed by atoms with E-state index in [0.29, 0.717) is 11.4 Å². The predicted molar refractivity (Wildman–Crippen MR) is 57.1 cm³/mol. The summed E-state index contributed by atoms with van der Waals surface area (Å²) in [5.41, 5.74) is 0.585. The molecule has 1 aliphatic carbocycles. The van der Waals surface area contributed by atoms with E-state index in [2.05, 4.69) is 4.98 Å². The van der Waals surface area contributed by atoms with E-state index in [-0.39, 0.29) is 0 Å². The first-order valence-electron chi connectivity index (χ1n) is 5.42. The summed E-state index contributed by atoms with van der Waals surface area (Å²) < 4.78 is 5.48. The molecule has 1 aromatic heterocycles. The fraction of sp³-hybridized carbons (Fsp3) is 0.500. The van der Waals surface area contributed by atoms with E-state index < -0.39 is 0 Å². The van der Waals surface area contributed by atoms with Gasteiger partial charge in [-0.1, -0.05) is 19.3 Å². The number of ether oxygens (including phenoxy) is 1. The molecule has 1 aliphatic rings. The van der Waals surface area contributed by atoms with Gasteiger partial charge in [0.15, 0.2) is 6.29 Å². The smallest absolute Gasteiger partial charge is 0.213 e. The molecular weight excluding hydrogens is 190 g/mol. The van der Waals surface area contributed by atoms with Crippen LogP contribution in [0.15, 0.2) is 18.3 Å². The van der Waals surface area contributed by atoms with Crippen molar-refractivity contribution >= 4 is 6.29 Å². The highest BCUT2D eigenvalue weighted by atomic mass is 16.5. The third kappa shape index (κ3) is 2.78. The number of rotatable bonds is 5. The average molecular weight is 205 g/mol. The second kappa shape index (κ2) is 4.91. The summed E-state index contributed by atoms with van der Waals surface area (Å²) >= 11 is 0. The van der Waals surface area contributed by atoms with Crippen LogP contribution in [0.5, 0.6) is 5.88 Å². The molecule has 0 aliphatic heterocycles. The van der Waals surface area contributed by atoms with Crippen molar-refractivity contribution in [1.29, 1.82) is 0 Å². The Morgan fingerprint density at radius 2 is 2.33 bits per heavy atom. The predicted octanol–water partition coefficient (Wildman–Crippen LogP) is 2.46. The van der Waals surface area contributed by atoms with Crippen LogP contribution in [0.4, 0.5) is 0 Å². The molecule has 0 unspecified atom stereocenters. The lowest BCUT2D eigenvalue weighted by atomic mass is 9.83. The summed E-state index contributed by atoms with van der Waals surface area (Å²) in [7, 11) is 0. The van der Waals surface area contributed by atoms with Crippen molar-refractivity contribution in [1.82, 2.24) is 4.98 Å². The molecule has 0 atom stereocenters. The second-order valence-corrected chi connectivity index (χ2v) is 3.98. The van der Waals surface area contributed by atoms with Crippen LogP contribution in [-0.2, 0) is 0 Å². The summed E-state index contributed by atoms with van der Waals surface area (Å²) in [5.74, 6) is 1.47. The minimum atomic E-state index is 0.585. The first kappa shape index (κ1) is 10.1. The third-order valence-corrected chi connectivity index (χ3v) is 2.90. The van der Waals surface area contributed by atoms with Gasteiger partial charge in [-0.15, -0.1) is 0 Å². The summed E-state index contributed by atoms with van der Waals surface area (Å²) in [5, 5.41) is 0. The zero-order valence-electron chi connectivity index (χ0n) is 8.69. The Morgan fingerprint density at radius 3 is 2.87 bits per heavy atom. The molecule has 1 saturated carbocycles. The van der Waals surface area contributed by atoms with Crippen LogP contribution in [0.2, 0.25) is 0 Å². The number of aromatic nitrogens is 1. The highest BCUT2D eigenvalue weighted by Crippen LogP contribution is 2.29. The fourth-order valence-electron chi connectivity index (χ4n) is 1.66. The van der Waals surface area contributed by atoms with Crippen molar-refractivity contribution < 1.29 is 9.53 Å². The Balaban J connectivity index is 1.74. The van der Waals surface area contributed by atoms with Crippen LogP contribution in [0.3, 0.4) is 0 Å².